The van der Waals surface area contributed by atoms with E-state index in [2.05, 4.69) is 16.7 Å². The molecule has 0 bridgehead atoms. The predicted molar refractivity (Wildman–Crippen MR) is 59.0 cm³/mol. The van der Waals surface area contributed by atoms with Crippen molar-refractivity contribution in [1.82, 2.24) is 9.80 Å². The average molecular weight is 200 g/mol. The molecule has 0 aromatic rings. The minimum absolute atomic E-state index is 0.0208. The first-order valence-electron chi connectivity index (χ1n) is 5.44. The fraction of sp³-hybridized carbons (Fsp3) is 1.00. The van der Waals surface area contributed by atoms with Crippen molar-refractivity contribution in [2.24, 2.45) is 0 Å². The normalized spacial score (nSPS) is 27.2. The van der Waals surface area contributed by atoms with Gasteiger partial charge in [-0.2, -0.15) is 0 Å². The average Bonchev–Trinajstić information content (AvgIpc) is 2.78. The quantitative estimate of drug-likeness (QED) is 0.679. The molecule has 13 heavy (non-hydrogen) atoms. The summed E-state index contributed by atoms with van der Waals surface area (Å²) in [5.74, 6) is 0. The van der Waals surface area contributed by atoms with Gasteiger partial charge >= 0.3 is 0 Å². The van der Waals surface area contributed by atoms with Crippen LogP contribution in [0.1, 0.15) is 32.6 Å². The lowest BCUT2D eigenvalue weighted by atomic mass is 10.4. The van der Waals surface area contributed by atoms with E-state index in [-0.39, 0.29) is 4.99 Å². The largest absolute Gasteiger partial charge is 0.277 e. The first-order valence-corrected chi connectivity index (χ1v) is 5.88. The second kappa shape index (κ2) is 3.79. The molecule has 0 amide bonds. The van der Waals surface area contributed by atoms with E-state index in [9.17, 15) is 0 Å². The molecule has 2 aliphatic rings. The maximum absolute atomic E-state index is 4.83. The summed E-state index contributed by atoms with van der Waals surface area (Å²) in [5.41, 5.74) is 0. The van der Waals surface area contributed by atoms with Crippen molar-refractivity contribution in [1.29, 1.82) is 0 Å². The van der Waals surface area contributed by atoms with Crippen LogP contribution in [-0.2, 0) is 0 Å². The number of hydrogen-bond acceptors (Lipinski definition) is 3. The van der Waals surface area contributed by atoms with E-state index < -0.39 is 0 Å². The molecule has 0 saturated carbocycles. The van der Waals surface area contributed by atoms with Crippen LogP contribution in [0.5, 0.6) is 0 Å². The van der Waals surface area contributed by atoms with E-state index >= 15 is 0 Å². The molecule has 3 heteroatoms. The van der Waals surface area contributed by atoms with Crippen molar-refractivity contribution in [2.75, 3.05) is 26.2 Å². The van der Waals surface area contributed by atoms with E-state index in [0.717, 1.165) is 0 Å². The Kier molecular flexibility index (Phi) is 2.86. The number of thiol groups is 1. The third-order valence-corrected chi connectivity index (χ3v) is 3.98. The van der Waals surface area contributed by atoms with E-state index in [4.69, 9.17) is 12.6 Å². The minimum Gasteiger partial charge on any atom is -0.277 e. The van der Waals surface area contributed by atoms with Gasteiger partial charge in [0.25, 0.3) is 0 Å². The van der Waals surface area contributed by atoms with Crippen LogP contribution in [0.15, 0.2) is 0 Å². The van der Waals surface area contributed by atoms with Gasteiger partial charge in [0.1, 0.15) is 4.99 Å². The third kappa shape index (κ3) is 1.88. The highest BCUT2D eigenvalue weighted by atomic mass is 32.1. The summed E-state index contributed by atoms with van der Waals surface area (Å²) in [6.07, 6.45) is 5.40. The predicted octanol–water partition coefficient (Wildman–Crippen LogP) is 1.78. The van der Waals surface area contributed by atoms with Gasteiger partial charge < -0.3 is 0 Å². The topological polar surface area (TPSA) is 6.48 Å². The van der Waals surface area contributed by atoms with Gasteiger partial charge in [-0.1, -0.05) is 0 Å². The number of hydrogen-bond donors (Lipinski definition) is 1. The van der Waals surface area contributed by atoms with Crippen molar-refractivity contribution in [3.8, 4) is 0 Å². The molecule has 2 heterocycles. The summed E-state index contributed by atoms with van der Waals surface area (Å²) < 4.78 is 0. The van der Waals surface area contributed by atoms with Crippen LogP contribution in [0.3, 0.4) is 0 Å². The van der Waals surface area contributed by atoms with E-state index in [1.54, 1.807) is 0 Å². The molecule has 0 aromatic carbocycles. The van der Waals surface area contributed by atoms with Crippen molar-refractivity contribution >= 4 is 12.6 Å². The Labute approximate surface area is 86.7 Å². The van der Waals surface area contributed by atoms with Crippen molar-refractivity contribution in [3.63, 3.8) is 0 Å². The molecule has 0 aliphatic carbocycles. The molecule has 2 saturated heterocycles. The first kappa shape index (κ1) is 9.81. The zero-order valence-corrected chi connectivity index (χ0v) is 9.39. The van der Waals surface area contributed by atoms with Crippen molar-refractivity contribution in [2.45, 2.75) is 37.6 Å². The third-order valence-electron chi connectivity index (χ3n) is 3.41. The fourth-order valence-corrected chi connectivity index (χ4v) is 2.88. The van der Waals surface area contributed by atoms with Crippen molar-refractivity contribution in [3.05, 3.63) is 0 Å². The summed E-state index contributed by atoms with van der Waals surface area (Å²) in [4.78, 5) is 5.05. The maximum atomic E-state index is 4.83. The Morgan fingerprint density at radius 1 is 0.846 bits per heavy atom. The maximum Gasteiger partial charge on any atom is 0.116 e. The molecule has 2 aliphatic heterocycles. The Balaban J connectivity index is 1.99. The van der Waals surface area contributed by atoms with Gasteiger partial charge in [0.15, 0.2) is 0 Å². The number of likely N-dealkylation sites (tertiary alicyclic amines) is 2. The first-order chi connectivity index (χ1) is 6.21. The van der Waals surface area contributed by atoms with Gasteiger partial charge in [-0.15, -0.1) is 12.6 Å². The van der Waals surface area contributed by atoms with Crippen LogP contribution < -0.4 is 0 Å². The molecule has 0 radical (unpaired) electrons. The monoisotopic (exact) mass is 200 g/mol. The van der Waals surface area contributed by atoms with Crippen LogP contribution in [0.4, 0.5) is 0 Å². The lowest BCUT2D eigenvalue weighted by Crippen LogP contribution is -2.52. The molecule has 2 nitrogen and oxygen atoms in total. The van der Waals surface area contributed by atoms with Gasteiger partial charge in [0.2, 0.25) is 0 Å². The SMILES string of the molecule is CC(S)(N1CCCC1)N1CCCC1. The molecule has 0 aromatic heterocycles. The highest BCUT2D eigenvalue weighted by Crippen LogP contribution is 2.31. The van der Waals surface area contributed by atoms with Crippen molar-refractivity contribution < 1.29 is 0 Å². The summed E-state index contributed by atoms with van der Waals surface area (Å²) in [7, 11) is 0. The fourth-order valence-electron chi connectivity index (χ4n) is 2.48. The van der Waals surface area contributed by atoms with Gasteiger partial charge in [-0.3, -0.25) is 9.80 Å². The molecular formula is C10H20N2S. The van der Waals surface area contributed by atoms with Crippen LogP contribution in [-0.4, -0.2) is 41.0 Å². The number of nitrogens with zero attached hydrogens (tertiary/aromatic N) is 2. The van der Waals surface area contributed by atoms with Crippen LogP contribution >= 0.6 is 12.6 Å². The summed E-state index contributed by atoms with van der Waals surface area (Å²) in [6, 6.07) is 0. The summed E-state index contributed by atoms with van der Waals surface area (Å²) in [5, 5.41) is 0. The zero-order valence-electron chi connectivity index (χ0n) is 8.50. The second-order valence-corrected chi connectivity index (χ2v) is 5.21. The Morgan fingerprint density at radius 3 is 1.46 bits per heavy atom. The van der Waals surface area contributed by atoms with E-state index in [0.29, 0.717) is 0 Å². The highest BCUT2D eigenvalue weighted by Gasteiger charge is 2.36. The molecular weight excluding hydrogens is 180 g/mol. The molecule has 76 valence electrons. The Hall–Kier alpha value is 0.270. The minimum atomic E-state index is 0.0208. The van der Waals surface area contributed by atoms with Crippen LogP contribution in [0, 0.1) is 0 Å². The highest BCUT2D eigenvalue weighted by molar-refractivity contribution is 7.81. The van der Waals surface area contributed by atoms with Gasteiger partial charge in [0.05, 0.1) is 0 Å². The summed E-state index contributed by atoms with van der Waals surface area (Å²) >= 11 is 4.83. The Bertz CT molecular complexity index is 152. The Morgan fingerprint density at radius 2 is 1.15 bits per heavy atom. The lowest BCUT2D eigenvalue weighted by molar-refractivity contribution is 0.0650. The molecule has 0 unspecified atom stereocenters. The number of rotatable bonds is 2. The van der Waals surface area contributed by atoms with Gasteiger partial charge in [0, 0.05) is 26.2 Å². The lowest BCUT2D eigenvalue weighted by Gasteiger charge is -2.41. The van der Waals surface area contributed by atoms with E-state index in [1.165, 1.54) is 51.9 Å². The molecule has 2 fully saturated rings. The molecule has 0 atom stereocenters. The van der Waals surface area contributed by atoms with Gasteiger partial charge in [-0.05, 0) is 32.6 Å². The molecule has 2 rings (SSSR count). The zero-order chi connectivity index (χ0) is 9.31. The van der Waals surface area contributed by atoms with Crippen LogP contribution in [0.25, 0.3) is 0 Å². The standard InChI is InChI=1S/C10H20N2S/c1-10(13,11-6-2-3-7-11)12-8-4-5-9-12/h13H,2-9H2,1H3. The second-order valence-electron chi connectivity index (χ2n) is 4.36. The van der Waals surface area contributed by atoms with Crippen LogP contribution in [0.2, 0.25) is 0 Å². The van der Waals surface area contributed by atoms with Gasteiger partial charge in [-0.25, -0.2) is 0 Å². The smallest absolute Gasteiger partial charge is 0.116 e. The molecule has 0 spiro atoms. The molecule has 0 N–H and O–H groups in total. The summed E-state index contributed by atoms with van der Waals surface area (Å²) in [6.45, 7) is 7.19. The van der Waals surface area contributed by atoms with E-state index in [1.807, 2.05) is 0 Å².